The van der Waals surface area contributed by atoms with Crippen LogP contribution in [0.1, 0.15) is 23.0 Å². The number of anilines is 2. The van der Waals surface area contributed by atoms with E-state index in [-0.39, 0.29) is 11.7 Å². The van der Waals surface area contributed by atoms with E-state index in [1.165, 1.54) is 11.6 Å². The monoisotopic (exact) mass is 276 g/mol. The molecule has 1 unspecified atom stereocenters. The number of carbonyl (C=O) groups excluding carboxylic acids is 1. The van der Waals surface area contributed by atoms with Gasteiger partial charge >= 0.3 is 0 Å². The van der Waals surface area contributed by atoms with Gasteiger partial charge in [0.05, 0.1) is 5.69 Å². The first-order valence-corrected chi connectivity index (χ1v) is 6.84. The summed E-state index contributed by atoms with van der Waals surface area (Å²) < 4.78 is 0. The molecule has 2 aromatic heterocycles. The molecule has 1 atom stereocenters. The fourth-order valence-corrected chi connectivity index (χ4v) is 2.45. The van der Waals surface area contributed by atoms with Gasteiger partial charge in [0.2, 0.25) is 0 Å². The van der Waals surface area contributed by atoms with E-state index in [1.807, 2.05) is 12.3 Å². The summed E-state index contributed by atoms with van der Waals surface area (Å²) in [5, 5.41) is 7.35. The Morgan fingerprint density at radius 2 is 2.26 bits per heavy atom. The second kappa shape index (κ2) is 5.71. The van der Waals surface area contributed by atoms with Gasteiger partial charge in [-0.3, -0.25) is 4.79 Å². The van der Waals surface area contributed by atoms with Crippen molar-refractivity contribution >= 4 is 28.7 Å². The fraction of sp³-hybridized carbons (Fsp3) is 0.231. The highest BCUT2D eigenvalue weighted by Crippen LogP contribution is 2.18. The fourth-order valence-electron chi connectivity index (χ4n) is 1.77. The summed E-state index contributed by atoms with van der Waals surface area (Å²) in [5.74, 6) is -0.0624. The molecular weight excluding hydrogens is 260 g/mol. The number of nitrogens with one attached hydrogen (secondary N) is 1. The van der Waals surface area contributed by atoms with E-state index >= 15 is 0 Å². The zero-order valence-corrected chi connectivity index (χ0v) is 11.4. The number of nitrogens with zero attached hydrogens (tertiary/aromatic N) is 1. The second-order valence-electron chi connectivity index (χ2n) is 4.38. The van der Waals surface area contributed by atoms with Crippen LogP contribution in [-0.2, 0) is 6.42 Å². The average molecular weight is 276 g/mol. The van der Waals surface area contributed by atoms with Crippen molar-refractivity contribution in [1.29, 1.82) is 0 Å². The summed E-state index contributed by atoms with van der Waals surface area (Å²) in [7, 11) is 0. The molecule has 0 fully saturated rings. The summed E-state index contributed by atoms with van der Waals surface area (Å²) in [6.45, 7) is 2.04. The third kappa shape index (κ3) is 3.45. The first-order valence-electron chi connectivity index (χ1n) is 5.90. The lowest BCUT2D eigenvalue weighted by atomic mass is 10.1. The van der Waals surface area contributed by atoms with Gasteiger partial charge in [-0.15, -0.1) is 0 Å². The van der Waals surface area contributed by atoms with Crippen LogP contribution in [-0.4, -0.2) is 16.9 Å². The third-order valence-corrected chi connectivity index (χ3v) is 3.42. The topological polar surface area (TPSA) is 94.0 Å². The Balaban J connectivity index is 2.09. The molecule has 0 aliphatic heterocycles. The summed E-state index contributed by atoms with van der Waals surface area (Å²) in [5.41, 5.74) is 13.0. The molecule has 5 nitrogen and oxygen atoms in total. The smallest absolute Gasteiger partial charge is 0.267 e. The van der Waals surface area contributed by atoms with Gasteiger partial charge in [-0.05, 0) is 47.9 Å². The van der Waals surface area contributed by atoms with Crippen LogP contribution in [0.2, 0.25) is 0 Å². The van der Waals surface area contributed by atoms with E-state index in [4.69, 9.17) is 11.5 Å². The van der Waals surface area contributed by atoms with Crippen LogP contribution < -0.4 is 16.8 Å². The largest absolute Gasteiger partial charge is 0.396 e. The van der Waals surface area contributed by atoms with Crippen molar-refractivity contribution in [2.45, 2.75) is 19.4 Å². The number of primary amides is 1. The molecule has 1 amide bonds. The Morgan fingerprint density at radius 1 is 1.47 bits per heavy atom. The van der Waals surface area contributed by atoms with Crippen molar-refractivity contribution < 1.29 is 4.79 Å². The quantitative estimate of drug-likeness (QED) is 0.777. The molecule has 19 heavy (non-hydrogen) atoms. The third-order valence-electron chi connectivity index (χ3n) is 2.68. The molecule has 0 radical (unpaired) electrons. The Bertz CT molecular complexity index is 568. The number of nitrogens with two attached hydrogens (primary N) is 2. The molecule has 0 spiro atoms. The van der Waals surface area contributed by atoms with Gasteiger partial charge < -0.3 is 16.8 Å². The van der Waals surface area contributed by atoms with Crippen LogP contribution >= 0.6 is 11.3 Å². The summed E-state index contributed by atoms with van der Waals surface area (Å²) in [6.07, 6.45) is 0.866. The minimum Gasteiger partial charge on any atom is -0.396 e. The molecule has 2 heterocycles. The van der Waals surface area contributed by atoms with Crippen molar-refractivity contribution in [3.63, 3.8) is 0 Å². The first-order chi connectivity index (χ1) is 9.06. The van der Waals surface area contributed by atoms with Gasteiger partial charge in [-0.2, -0.15) is 11.3 Å². The summed E-state index contributed by atoms with van der Waals surface area (Å²) in [4.78, 5) is 15.2. The SMILES string of the molecule is CC(Cc1ccsc1)Nc1nc(C(N)=O)ccc1N. The molecule has 5 N–H and O–H groups in total. The van der Waals surface area contributed by atoms with Gasteiger partial charge in [-0.1, -0.05) is 0 Å². The Hall–Kier alpha value is -2.08. The highest BCUT2D eigenvalue weighted by Gasteiger charge is 2.10. The minimum absolute atomic E-state index is 0.160. The van der Waals surface area contributed by atoms with Crippen LogP contribution in [0.3, 0.4) is 0 Å². The minimum atomic E-state index is -0.562. The van der Waals surface area contributed by atoms with E-state index < -0.39 is 5.91 Å². The standard InChI is InChI=1S/C13H16N4OS/c1-8(6-9-4-5-19-7-9)16-13-10(14)2-3-11(17-13)12(15)18/h2-5,7-8H,6,14H2,1H3,(H2,15,18)(H,16,17). The molecule has 6 heteroatoms. The zero-order chi connectivity index (χ0) is 13.8. The Labute approximate surface area is 115 Å². The van der Waals surface area contributed by atoms with Gasteiger partial charge in [0.25, 0.3) is 5.91 Å². The van der Waals surface area contributed by atoms with Crippen molar-refractivity contribution in [2.24, 2.45) is 5.73 Å². The van der Waals surface area contributed by atoms with Crippen molar-refractivity contribution in [3.8, 4) is 0 Å². The van der Waals surface area contributed by atoms with Gasteiger partial charge in [-0.25, -0.2) is 4.98 Å². The number of pyridine rings is 1. The lowest BCUT2D eigenvalue weighted by molar-refractivity contribution is 0.0995. The van der Waals surface area contributed by atoms with Crippen LogP contribution in [0.15, 0.2) is 29.0 Å². The molecule has 0 saturated heterocycles. The maximum Gasteiger partial charge on any atom is 0.267 e. The van der Waals surface area contributed by atoms with E-state index in [2.05, 4.69) is 21.7 Å². The van der Waals surface area contributed by atoms with Crippen molar-refractivity contribution in [3.05, 3.63) is 40.2 Å². The maximum absolute atomic E-state index is 11.1. The van der Waals surface area contributed by atoms with E-state index in [1.54, 1.807) is 17.4 Å². The van der Waals surface area contributed by atoms with Crippen LogP contribution in [0.4, 0.5) is 11.5 Å². The van der Waals surface area contributed by atoms with Gasteiger partial charge in [0.15, 0.2) is 0 Å². The maximum atomic E-state index is 11.1. The second-order valence-corrected chi connectivity index (χ2v) is 5.16. The number of hydrogen-bond acceptors (Lipinski definition) is 5. The number of nitrogen functional groups attached to an aromatic ring is 1. The van der Waals surface area contributed by atoms with Gasteiger partial charge in [0, 0.05) is 6.04 Å². The predicted molar refractivity (Wildman–Crippen MR) is 78.3 cm³/mol. The average Bonchev–Trinajstić information content (AvgIpc) is 2.84. The lowest BCUT2D eigenvalue weighted by Crippen LogP contribution is -2.21. The number of hydrogen-bond donors (Lipinski definition) is 3. The molecular formula is C13H16N4OS. The lowest BCUT2D eigenvalue weighted by Gasteiger charge is -2.15. The zero-order valence-electron chi connectivity index (χ0n) is 10.6. The predicted octanol–water partition coefficient (Wildman–Crippen LogP) is 1.87. The highest BCUT2D eigenvalue weighted by molar-refractivity contribution is 7.07. The van der Waals surface area contributed by atoms with Gasteiger partial charge in [0.1, 0.15) is 11.5 Å². The van der Waals surface area contributed by atoms with Crippen LogP contribution in [0, 0.1) is 0 Å². The molecule has 2 aromatic rings. The number of rotatable bonds is 5. The normalized spacial score (nSPS) is 12.1. The van der Waals surface area contributed by atoms with Crippen molar-refractivity contribution in [1.82, 2.24) is 4.98 Å². The molecule has 0 aromatic carbocycles. The number of aromatic nitrogens is 1. The molecule has 0 aliphatic carbocycles. The summed E-state index contributed by atoms with van der Waals surface area (Å²) >= 11 is 1.67. The molecule has 0 bridgehead atoms. The van der Waals surface area contributed by atoms with Crippen LogP contribution in [0.5, 0.6) is 0 Å². The molecule has 2 rings (SSSR count). The molecule has 100 valence electrons. The van der Waals surface area contributed by atoms with E-state index in [0.29, 0.717) is 11.5 Å². The Morgan fingerprint density at radius 3 is 2.89 bits per heavy atom. The first kappa shape index (κ1) is 13.4. The van der Waals surface area contributed by atoms with Crippen molar-refractivity contribution in [2.75, 3.05) is 11.1 Å². The molecule has 0 aliphatic rings. The molecule has 0 saturated carbocycles. The summed E-state index contributed by atoms with van der Waals surface area (Å²) in [6, 6.07) is 5.39. The number of thiophene rings is 1. The van der Waals surface area contributed by atoms with E-state index in [0.717, 1.165) is 6.42 Å². The number of amides is 1. The van der Waals surface area contributed by atoms with Crippen LogP contribution in [0.25, 0.3) is 0 Å². The number of carbonyl (C=O) groups is 1. The highest BCUT2D eigenvalue weighted by atomic mass is 32.1. The Kier molecular flexibility index (Phi) is 4.01. The van der Waals surface area contributed by atoms with E-state index in [9.17, 15) is 4.79 Å².